The van der Waals surface area contributed by atoms with Crippen LogP contribution in [0.25, 0.3) is 0 Å². The summed E-state index contributed by atoms with van der Waals surface area (Å²) >= 11 is 3.39. The summed E-state index contributed by atoms with van der Waals surface area (Å²) in [5.74, 6) is 0.357. The summed E-state index contributed by atoms with van der Waals surface area (Å²) in [4.78, 5) is 0. The smallest absolute Gasteiger partial charge is 0.127 e. The van der Waals surface area contributed by atoms with Crippen LogP contribution in [0.1, 0.15) is 35.3 Å². The van der Waals surface area contributed by atoms with Gasteiger partial charge in [0.1, 0.15) is 17.7 Å². The maximum atomic E-state index is 13.4. The molecule has 0 saturated heterocycles. The zero-order valence-electron chi connectivity index (χ0n) is 10.9. The molecule has 4 heteroatoms. The molecule has 0 spiro atoms. The molecule has 0 bridgehead atoms. The van der Waals surface area contributed by atoms with Gasteiger partial charge in [-0.2, -0.15) is 0 Å². The van der Waals surface area contributed by atoms with Gasteiger partial charge in [-0.05, 0) is 42.3 Å². The molecule has 104 valence electrons. The number of fused-ring (bicyclic) bond motifs is 1. The molecule has 2 aromatic carbocycles. The maximum Gasteiger partial charge on any atom is 0.127 e. The van der Waals surface area contributed by atoms with E-state index in [4.69, 9.17) is 4.74 Å². The van der Waals surface area contributed by atoms with Crippen LogP contribution in [0.2, 0.25) is 0 Å². The van der Waals surface area contributed by atoms with Gasteiger partial charge in [-0.15, -0.1) is 0 Å². The third kappa shape index (κ3) is 2.45. The zero-order valence-corrected chi connectivity index (χ0v) is 12.5. The molecule has 0 fully saturated rings. The first-order valence-electron chi connectivity index (χ1n) is 6.45. The standard InChI is InChI=1S/C16H14BrFO2/c1-9-2-4-11(18)7-13(9)16-8-14(19)12-5-3-10(17)6-15(12)20-16/h2-7,14,16,19H,8H2,1H3/t14-,16?/m1/s1. The van der Waals surface area contributed by atoms with E-state index < -0.39 is 6.10 Å². The van der Waals surface area contributed by atoms with Gasteiger partial charge in [-0.25, -0.2) is 4.39 Å². The Labute approximate surface area is 125 Å². The molecule has 2 atom stereocenters. The zero-order chi connectivity index (χ0) is 14.3. The van der Waals surface area contributed by atoms with Crippen molar-refractivity contribution in [2.75, 3.05) is 0 Å². The maximum absolute atomic E-state index is 13.4. The van der Waals surface area contributed by atoms with Gasteiger partial charge < -0.3 is 9.84 Å². The Kier molecular flexibility index (Phi) is 3.52. The van der Waals surface area contributed by atoms with Crippen LogP contribution in [0.15, 0.2) is 40.9 Å². The van der Waals surface area contributed by atoms with Crippen molar-refractivity contribution in [3.8, 4) is 5.75 Å². The number of rotatable bonds is 1. The van der Waals surface area contributed by atoms with Gasteiger partial charge in [0, 0.05) is 16.5 Å². The molecular formula is C16H14BrFO2. The molecule has 20 heavy (non-hydrogen) atoms. The molecule has 0 amide bonds. The highest BCUT2D eigenvalue weighted by atomic mass is 79.9. The Balaban J connectivity index is 2.00. The second-order valence-electron chi connectivity index (χ2n) is 5.04. The van der Waals surface area contributed by atoms with Crippen molar-refractivity contribution >= 4 is 15.9 Å². The van der Waals surface area contributed by atoms with Gasteiger partial charge in [0.05, 0.1) is 6.10 Å². The highest BCUT2D eigenvalue weighted by molar-refractivity contribution is 9.10. The van der Waals surface area contributed by atoms with Crippen LogP contribution in [-0.4, -0.2) is 5.11 Å². The molecular weight excluding hydrogens is 323 g/mol. The van der Waals surface area contributed by atoms with Crippen molar-refractivity contribution in [3.05, 3.63) is 63.4 Å². The Morgan fingerprint density at radius 3 is 2.80 bits per heavy atom. The SMILES string of the molecule is Cc1ccc(F)cc1C1C[C@@H](O)c2ccc(Br)cc2O1. The van der Waals surface area contributed by atoms with Crippen molar-refractivity contribution < 1.29 is 14.2 Å². The lowest BCUT2D eigenvalue weighted by Gasteiger charge is -2.30. The molecule has 0 radical (unpaired) electrons. The van der Waals surface area contributed by atoms with Gasteiger partial charge >= 0.3 is 0 Å². The fourth-order valence-corrected chi connectivity index (χ4v) is 2.91. The van der Waals surface area contributed by atoms with Crippen LogP contribution < -0.4 is 4.74 Å². The summed E-state index contributed by atoms with van der Waals surface area (Å²) in [5, 5.41) is 10.3. The van der Waals surface area contributed by atoms with Crippen LogP contribution in [0.4, 0.5) is 4.39 Å². The Morgan fingerprint density at radius 1 is 1.20 bits per heavy atom. The summed E-state index contributed by atoms with van der Waals surface area (Å²) in [6.07, 6.45) is -0.499. The third-order valence-corrected chi connectivity index (χ3v) is 4.12. The van der Waals surface area contributed by atoms with Crippen LogP contribution in [0.3, 0.4) is 0 Å². The number of aliphatic hydroxyl groups excluding tert-OH is 1. The Hall–Kier alpha value is -1.39. The summed E-state index contributed by atoms with van der Waals surface area (Å²) in [6.45, 7) is 1.92. The summed E-state index contributed by atoms with van der Waals surface area (Å²) in [5.41, 5.74) is 2.52. The molecule has 1 heterocycles. The number of hydrogen-bond donors (Lipinski definition) is 1. The van der Waals surface area contributed by atoms with E-state index in [2.05, 4.69) is 15.9 Å². The number of hydrogen-bond acceptors (Lipinski definition) is 2. The van der Waals surface area contributed by atoms with Gasteiger partial charge in [0.25, 0.3) is 0 Å². The Bertz CT molecular complexity index is 657. The lowest BCUT2D eigenvalue weighted by Crippen LogP contribution is -2.20. The van der Waals surface area contributed by atoms with E-state index in [0.29, 0.717) is 12.2 Å². The van der Waals surface area contributed by atoms with Crippen molar-refractivity contribution in [3.63, 3.8) is 0 Å². The largest absolute Gasteiger partial charge is 0.485 e. The van der Waals surface area contributed by atoms with Crippen LogP contribution in [-0.2, 0) is 0 Å². The van der Waals surface area contributed by atoms with Crippen LogP contribution >= 0.6 is 15.9 Å². The molecule has 1 unspecified atom stereocenters. The molecule has 0 saturated carbocycles. The Morgan fingerprint density at radius 2 is 2.00 bits per heavy atom. The lowest BCUT2D eigenvalue weighted by molar-refractivity contribution is 0.0652. The average molecular weight is 337 g/mol. The summed E-state index contributed by atoms with van der Waals surface area (Å²) in [6, 6.07) is 10.2. The van der Waals surface area contributed by atoms with E-state index in [1.54, 1.807) is 6.07 Å². The van der Waals surface area contributed by atoms with Crippen LogP contribution in [0, 0.1) is 12.7 Å². The van der Waals surface area contributed by atoms with E-state index in [9.17, 15) is 9.50 Å². The normalized spacial score (nSPS) is 21.2. The van der Waals surface area contributed by atoms with Crippen molar-refractivity contribution in [2.24, 2.45) is 0 Å². The monoisotopic (exact) mass is 336 g/mol. The van der Waals surface area contributed by atoms with Gasteiger partial charge in [0.15, 0.2) is 0 Å². The van der Waals surface area contributed by atoms with Crippen LogP contribution in [0.5, 0.6) is 5.75 Å². The van der Waals surface area contributed by atoms with E-state index in [1.807, 2.05) is 25.1 Å². The third-order valence-electron chi connectivity index (χ3n) is 3.63. The summed E-state index contributed by atoms with van der Waals surface area (Å²) < 4.78 is 20.3. The number of aryl methyl sites for hydroxylation is 1. The second-order valence-corrected chi connectivity index (χ2v) is 5.96. The van der Waals surface area contributed by atoms with E-state index in [0.717, 1.165) is 21.2 Å². The quantitative estimate of drug-likeness (QED) is 0.833. The minimum absolute atomic E-state index is 0.288. The minimum atomic E-state index is -0.598. The topological polar surface area (TPSA) is 29.5 Å². The second kappa shape index (κ2) is 5.19. The number of benzene rings is 2. The van der Waals surface area contributed by atoms with Crippen molar-refractivity contribution in [2.45, 2.75) is 25.6 Å². The highest BCUT2D eigenvalue weighted by Gasteiger charge is 2.29. The first-order chi connectivity index (χ1) is 9.54. The van der Waals surface area contributed by atoms with Gasteiger partial charge in [-0.3, -0.25) is 0 Å². The number of ether oxygens (including phenoxy) is 1. The highest BCUT2D eigenvalue weighted by Crippen LogP contribution is 2.42. The fraction of sp³-hybridized carbons (Fsp3) is 0.250. The van der Waals surface area contributed by atoms with Gasteiger partial charge in [0.2, 0.25) is 0 Å². The molecule has 0 aliphatic carbocycles. The molecule has 1 N–H and O–H groups in total. The average Bonchev–Trinajstić information content (AvgIpc) is 2.41. The van der Waals surface area contributed by atoms with Crippen molar-refractivity contribution in [1.29, 1.82) is 0 Å². The first-order valence-corrected chi connectivity index (χ1v) is 7.24. The van der Waals surface area contributed by atoms with E-state index in [1.165, 1.54) is 12.1 Å². The number of halogens is 2. The van der Waals surface area contributed by atoms with E-state index in [-0.39, 0.29) is 11.9 Å². The lowest BCUT2D eigenvalue weighted by atomic mass is 9.93. The molecule has 3 rings (SSSR count). The molecule has 0 aromatic heterocycles. The number of aliphatic hydroxyl groups is 1. The van der Waals surface area contributed by atoms with Crippen molar-refractivity contribution in [1.82, 2.24) is 0 Å². The molecule has 2 nitrogen and oxygen atoms in total. The summed E-state index contributed by atoms with van der Waals surface area (Å²) in [7, 11) is 0. The minimum Gasteiger partial charge on any atom is -0.485 e. The molecule has 1 aliphatic rings. The first kappa shape index (κ1) is 13.6. The predicted octanol–water partition coefficient (Wildman–Crippen LogP) is 4.45. The molecule has 2 aromatic rings. The van der Waals surface area contributed by atoms with E-state index >= 15 is 0 Å². The predicted molar refractivity (Wildman–Crippen MR) is 78.2 cm³/mol. The van der Waals surface area contributed by atoms with Gasteiger partial charge in [-0.1, -0.05) is 28.1 Å². The fourth-order valence-electron chi connectivity index (χ4n) is 2.57. The molecule has 1 aliphatic heterocycles.